The zero-order valence-electron chi connectivity index (χ0n) is 18.7. The van der Waals surface area contributed by atoms with E-state index in [-0.39, 0.29) is 24.0 Å². The van der Waals surface area contributed by atoms with Crippen LogP contribution in [0.15, 0.2) is 35.5 Å². The Bertz CT molecular complexity index is 829. The molecule has 0 aromatic heterocycles. The fraction of sp³-hybridized carbons (Fsp3) is 0.522. The summed E-state index contributed by atoms with van der Waals surface area (Å²) >= 11 is 0. The van der Waals surface area contributed by atoms with Crippen LogP contribution in [0.25, 0.3) is 0 Å². The van der Waals surface area contributed by atoms with Crippen LogP contribution in [0, 0.1) is 5.92 Å². The molecule has 1 unspecified atom stereocenters. The molecule has 7 heteroatoms. The van der Waals surface area contributed by atoms with E-state index in [0.717, 1.165) is 6.42 Å². The van der Waals surface area contributed by atoms with Crippen molar-refractivity contribution in [2.75, 3.05) is 11.9 Å². The Morgan fingerprint density at radius 2 is 1.93 bits per heavy atom. The number of ether oxygens (including phenoxy) is 1. The maximum atomic E-state index is 12.9. The molecule has 1 heterocycles. The van der Waals surface area contributed by atoms with E-state index in [1.54, 1.807) is 43.9 Å². The topological polar surface area (TPSA) is 87.7 Å². The number of nitrogens with one attached hydrogen (secondary N) is 2. The Balaban J connectivity index is 2.42. The zero-order valence-corrected chi connectivity index (χ0v) is 18.7. The van der Waals surface area contributed by atoms with Gasteiger partial charge in [-0.25, -0.2) is 9.59 Å². The molecule has 164 valence electrons. The van der Waals surface area contributed by atoms with Crippen LogP contribution in [-0.2, 0) is 14.3 Å². The van der Waals surface area contributed by atoms with Crippen molar-refractivity contribution < 1.29 is 19.1 Å². The van der Waals surface area contributed by atoms with Gasteiger partial charge in [0.25, 0.3) is 0 Å². The van der Waals surface area contributed by atoms with Crippen molar-refractivity contribution in [3.63, 3.8) is 0 Å². The highest BCUT2D eigenvalue weighted by Gasteiger charge is 2.36. The predicted octanol–water partition coefficient (Wildman–Crippen LogP) is 4.37. The van der Waals surface area contributed by atoms with E-state index in [4.69, 9.17) is 4.74 Å². The Labute approximate surface area is 178 Å². The van der Waals surface area contributed by atoms with Crippen molar-refractivity contribution in [1.82, 2.24) is 10.2 Å². The van der Waals surface area contributed by atoms with Crippen LogP contribution in [0.4, 0.5) is 10.5 Å². The minimum atomic E-state index is -0.654. The number of hydrogen-bond acceptors (Lipinski definition) is 4. The molecule has 0 radical (unpaired) electrons. The third kappa shape index (κ3) is 5.84. The highest BCUT2D eigenvalue weighted by atomic mass is 16.5. The first-order valence-electron chi connectivity index (χ1n) is 10.5. The molecule has 0 aliphatic carbocycles. The van der Waals surface area contributed by atoms with Crippen LogP contribution in [0.5, 0.6) is 0 Å². The van der Waals surface area contributed by atoms with Gasteiger partial charge in [0, 0.05) is 24.4 Å². The van der Waals surface area contributed by atoms with Crippen molar-refractivity contribution in [1.29, 1.82) is 0 Å². The summed E-state index contributed by atoms with van der Waals surface area (Å²) in [6.45, 7) is 11.8. The molecule has 1 aliphatic rings. The third-order valence-electron chi connectivity index (χ3n) is 4.70. The Morgan fingerprint density at radius 3 is 2.53 bits per heavy atom. The van der Waals surface area contributed by atoms with E-state index in [2.05, 4.69) is 10.6 Å². The average molecular weight is 416 g/mol. The molecule has 0 saturated heterocycles. The summed E-state index contributed by atoms with van der Waals surface area (Å²) in [5, 5.41) is 5.82. The number of allylic oxidation sites excluding steroid dienone is 1. The number of amides is 3. The number of carbonyl (C=O) groups is 3. The van der Waals surface area contributed by atoms with Crippen LogP contribution in [0.2, 0.25) is 0 Å². The molecular weight excluding hydrogens is 382 g/mol. The summed E-state index contributed by atoms with van der Waals surface area (Å²) in [6, 6.07) is 6.29. The van der Waals surface area contributed by atoms with Gasteiger partial charge < -0.3 is 15.4 Å². The summed E-state index contributed by atoms with van der Waals surface area (Å²) < 4.78 is 5.47. The molecule has 1 atom stereocenters. The molecule has 2 rings (SSSR count). The van der Waals surface area contributed by atoms with Gasteiger partial charge in [-0.15, -0.1) is 0 Å². The first-order valence-corrected chi connectivity index (χ1v) is 10.5. The van der Waals surface area contributed by atoms with Gasteiger partial charge in [-0.05, 0) is 50.8 Å². The number of carbonyl (C=O) groups excluding carboxylic acids is 3. The Morgan fingerprint density at radius 1 is 1.23 bits per heavy atom. The smallest absolute Gasteiger partial charge is 0.338 e. The number of nitrogens with zero attached hydrogens (tertiary/aromatic N) is 1. The van der Waals surface area contributed by atoms with Gasteiger partial charge in [-0.1, -0.05) is 32.9 Å². The summed E-state index contributed by atoms with van der Waals surface area (Å²) in [7, 11) is 0. The number of hydrogen-bond donors (Lipinski definition) is 2. The van der Waals surface area contributed by atoms with Crippen molar-refractivity contribution in [2.24, 2.45) is 5.92 Å². The number of rotatable bonds is 8. The molecular formula is C23H33N3O4. The van der Waals surface area contributed by atoms with Crippen molar-refractivity contribution >= 4 is 23.6 Å². The van der Waals surface area contributed by atoms with Crippen LogP contribution in [-0.4, -0.2) is 35.5 Å². The highest BCUT2D eigenvalue weighted by Crippen LogP contribution is 2.32. The van der Waals surface area contributed by atoms with E-state index in [9.17, 15) is 14.4 Å². The van der Waals surface area contributed by atoms with E-state index in [1.807, 2.05) is 26.8 Å². The second-order valence-electron chi connectivity index (χ2n) is 8.26. The molecule has 3 amide bonds. The van der Waals surface area contributed by atoms with Crippen molar-refractivity contribution in [3.05, 3.63) is 41.1 Å². The summed E-state index contributed by atoms with van der Waals surface area (Å²) in [6.07, 6.45) is 0.901. The number of esters is 1. The van der Waals surface area contributed by atoms with Gasteiger partial charge in [0.15, 0.2) is 0 Å². The Hall–Kier alpha value is -2.83. The molecule has 0 spiro atoms. The minimum absolute atomic E-state index is 0.0740. The zero-order chi connectivity index (χ0) is 22.4. The predicted molar refractivity (Wildman–Crippen MR) is 117 cm³/mol. The molecule has 0 fully saturated rings. The summed E-state index contributed by atoms with van der Waals surface area (Å²) in [5.41, 5.74) is 2.32. The van der Waals surface area contributed by atoms with Crippen LogP contribution in [0.1, 0.15) is 66.0 Å². The van der Waals surface area contributed by atoms with Gasteiger partial charge in [-0.2, -0.15) is 0 Å². The van der Waals surface area contributed by atoms with E-state index >= 15 is 0 Å². The molecule has 30 heavy (non-hydrogen) atoms. The van der Waals surface area contributed by atoms with Gasteiger partial charge in [0.2, 0.25) is 5.91 Å². The van der Waals surface area contributed by atoms with Crippen LogP contribution in [0.3, 0.4) is 0 Å². The van der Waals surface area contributed by atoms with Gasteiger partial charge in [-0.3, -0.25) is 9.69 Å². The normalized spacial score (nSPS) is 16.7. The SMILES string of the molecule is CCCN1C(=O)NC(c2cccc(NC(=O)CC(C)C)c2)C(C(=O)OC(C)C)=C1C. The molecule has 1 aliphatic heterocycles. The number of anilines is 1. The fourth-order valence-electron chi connectivity index (χ4n) is 3.44. The fourth-order valence-corrected chi connectivity index (χ4v) is 3.44. The first kappa shape index (κ1) is 23.4. The standard InChI is InChI=1S/C23H33N3O4/c1-7-11-26-16(6)20(22(28)30-15(4)5)21(25-23(26)29)17-9-8-10-18(13-17)24-19(27)12-14(2)3/h8-10,13-15,21H,7,11-12H2,1-6H3,(H,24,27)(H,25,29). The monoisotopic (exact) mass is 415 g/mol. The quantitative estimate of drug-likeness (QED) is 0.617. The third-order valence-corrected chi connectivity index (χ3v) is 4.70. The molecule has 1 aromatic carbocycles. The molecule has 2 N–H and O–H groups in total. The van der Waals surface area contributed by atoms with Gasteiger partial charge >= 0.3 is 12.0 Å². The molecule has 0 saturated carbocycles. The average Bonchev–Trinajstić information content (AvgIpc) is 2.63. The van der Waals surface area contributed by atoms with Crippen molar-refractivity contribution in [2.45, 2.75) is 66.5 Å². The lowest BCUT2D eigenvalue weighted by molar-refractivity contribution is -0.143. The minimum Gasteiger partial charge on any atom is -0.459 e. The van der Waals surface area contributed by atoms with E-state index in [1.165, 1.54) is 0 Å². The second-order valence-corrected chi connectivity index (χ2v) is 8.26. The lowest BCUT2D eigenvalue weighted by Crippen LogP contribution is -2.48. The number of benzene rings is 1. The Kier molecular flexibility index (Phi) is 8.03. The maximum Gasteiger partial charge on any atom is 0.338 e. The molecule has 0 bridgehead atoms. The summed E-state index contributed by atoms with van der Waals surface area (Å²) in [5.74, 6) is -0.281. The highest BCUT2D eigenvalue weighted by molar-refractivity contribution is 5.95. The largest absolute Gasteiger partial charge is 0.459 e. The summed E-state index contributed by atoms with van der Waals surface area (Å²) in [4.78, 5) is 39.4. The van der Waals surface area contributed by atoms with Crippen LogP contribution < -0.4 is 10.6 Å². The number of urea groups is 1. The van der Waals surface area contributed by atoms with Gasteiger partial charge in [0.1, 0.15) is 0 Å². The molecule has 7 nitrogen and oxygen atoms in total. The van der Waals surface area contributed by atoms with E-state index in [0.29, 0.717) is 35.5 Å². The molecule has 1 aromatic rings. The van der Waals surface area contributed by atoms with Crippen molar-refractivity contribution in [3.8, 4) is 0 Å². The van der Waals surface area contributed by atoms with Crippen LogP contribution >= 0.6 is 0 Å². The van der Waals surface area contributed by atoms with Gasteiger partial charge in [0.05, 0.1) is 17.7 Å². The second kappa shape index (κ2) is 10.3. The van der Waals surface area contributed by atoms with E-state index < -0.39 is 12.0 Å². The first-order chi connectivity index (χ1) is 14.1. The lowest BCUT2D eigenvalue weighted by atomic mass is 9.94. The lowest BCUT2D eigenvalue weighted by Gasteiger charge is -2.35. The maximum absolute atomic E-state index is 12.9.